The zero-order valence-corrected chi connectivity index (χ0v) is 14.1. The molecule has 0 aliphatic heterocycles. The first-order valence-corrected chi connectivity index (χ1v) is 7.85. The van der Waals surface area contributed by atoms with Crippen molar-refractivity contribution in [3.05, 3.63) is 23.8 Å². The molecule has 0 radical (unpaired) electrons. The lowest BCUT2D eigenvalue weighted by molar-refractivity contribution is -0.118. The number of nitrogen functional groups attached to an aromatic ring is 2. The van der Waals surface area contributed by atoms with Crippen molar-refractivity contribution in [2.24, 2.45) is 5.84 Å². The summed E-state index contributed by atoms with van der Waals surface area (Å²) in [4.78, 5) is 11.9. The van der Waals surface area contributed by atoms with Crippen molar-refractivity contribution < 1.29 is 14.3 Å². The van der Waals surface area contributed by atoms with Gasteiger partial charge >= 0.3 is 0 Å². The second kappa shape index (κ2) is 8.26. The fourth-order valence-electron chi connectivity index (χ4n) is 1.85. The van der Waals surface area contributed by atoms with Crippen LogP contribution in [-0.4, -0.2) is 40.8 Å². The summed E-state index contributed by atoms with van der Waals surface area (Å²) in [6, 6.07) is 5.44. The first-order chi connectivity index (χ1) is 11.6. The minimum Gasteiger partial charge on any atom is -0.493 e. The average molecular weight is 353 g/mol. The number of rotatable bonds is 8. The van der Waals surface area contributed by atoms with Crippen LogP contribution in [0.4, 0.5) is 5.95 Å². The van der Waals surface area contributed by atoms with Crippen LogP contribution in [0.3, 0.4) is 0 Å². The number of amides is 1. The highest BCUT2D eigenvalue weighted by Crippen LogP contribution is 2.27. The van der Waals surface area contributed by atoms with Crippen LogP contribution in [0.25, 0.3) is 0 Å². The number of nitrogens with one attached hydrogen (secondary N) is 2. The maximum absolute atomic E-state index is 11.9. The zero-order chi connectivity index (χ0) is 17.5. The van der Waals surface area contributed by atoms with E-state index in [1.54, 1.807) is 20.3 Å². The first-order valence-electron chi connectivity index (χ1n) is 6.86. The third kappa shape index (κ3) is 4.20. The summed E-state index contributed by atoms with van der Waals surface area (Å²) in [7, 11) is 3.13. The molecule has 0 atom stereocenters. The molecular weight excluding hydrogens is 334 g/mol. The molecule has 0 saturated heterocycles. The van der Waals surface area contributed by atoms with E-state index in [1.165, 1.54) is 4.68 Å². The topological polar surface area (TPSA) is 142 Å². The normalized spacial score (nSPS) is 10.3. The van der Waals surface area contributed by atoms with Crippen LogP contribution in [0, 0.1) is 0 Å². The van der Waals surface area contributed by atoms with Gasteiger partial charge in [0.2, 0.25) is 11.1 Å². The Morgan fingerprint density at radius 1 is 1.29 bits per heavy atom. The Kier molecular flexibility index (Phi) is 6.09. The molecule has 1 heterocycles. The van der Waals surface area contributed by atoms with Crippen molar-refractivity contribution in [2.75, 3.05) is 31.2 Å². The van der Waals surface area contributed by atoms with Gasteiger partial charge in [0.15, 0.2) is 11.5 Å². The monoisotopic (exact) mass is 353 g/mol. The number of ether oxygens (including phenoxy) is 2. The van der Waals surface area contributed by atoms with Gasteiger partial charge in [-0.15, -0.1) is 10.2 Å². The quantitative estimate of drug-likeness (QED) is 0.286. The Labute approximate surface area is 142 Å². The van der Waals surface area contributed by atoms with Crippen LogP contribution >= 0.6 is 11.8 Å². The number of carbonyl (C=O) groups excluding carboxylic acids is 1. The van der Waals surface area contributed by atoms with Gasteiger partial charge in [-0.3, -0.25) is 10.2 Å². The molecular formula is C13H19N7O3S. The van der Waals surface area contributed by atoms with E-state index in [2.05, 4.69) is 20.9 Å². The Bertz CT molecular complexity index is 707. The van der Waals surface area contributed by atoms with Crippen LogP contribution in [-0.2, 0) is 11.3 Å². The van der Waals surface area contributed by atoms with Crippen molar-refractivity contribution in [3.8, 4) is 11.5 Å². The van der Waals surface area contributed by atoms with Crippen LogP contribution in [0.15, 0.2) is 23.4 Å². The number of carbonyl (C=O) groups is 1. The van der Waals surface area contributed by atoms with Gasteiger partial charge in [0.1, 0.15) is 0 Å². The predicted molar refractivity (Wildman–Crippen MR) is 90.1 cm³/mol. The van der Waals surface area contributed by atoms with Gasteiger partial charge in [-0.05, 0) is 17.7 Å². The molecule has 2 rings (SSSR count). The number of thioether (sulfide) groups is 1. The lowest BCUT2D eigenvalue weighted by Gasteiger charge is -2.10. The predicted octanol–water partition coefficient (Wildman–Crippen LogP) is -0.297. The first kappa shape index (κ1) is 17.7. The smallest absolute Gasteiger partial charge is 0.258 e. The largest absolute Gasteiger partial charge is 0.493 e. The molecule has 0 aliphatic carbocycles. The lowest BCUT2D eigenvalue weighted by Crippen LogP contribution is -2.25. The molecule has 6 N–H and O–H groups in total. The Morgan fingerprint density at radius 3 is 2.67 bits per heavy atom. The van der Waals surface area contributed by atoms with Crippen molar-refractivity contribution in [3.63, 3.8) is 0 Å². The van der Waals surface area contributed by atoms with Crippen molar-refractivity contribution >= 4 is 23.6 Å². The van der Waals surface area contributed by atoms with Gasteiger partial charge in [-0.2, -0.15) is 0 Å². The fraction of sp³-hybridized carbons (Fsp3) is 0.308. The fourth-order valence-corrected chi connectivity index (χ4v) is 2.53. The van der Waals surface area contributed by atoms with Crippen LogP contribution < -0.4 is 31.9 Å². The molecule has 1 aromatic heterocycles. The highest BCUT2D eigenvalue weighted by atomic mass is 32.2. The maximum atomic E-state index is 11.9. The number of anilines is 1. The molecule has 130 valence electrons. The molecule has 2 aromatic rings. The van der Waals surface area contributed by atoms with Crippen molar-refractivity contribution in [1.82, 2.24) is 20.2 Å². The summed E-state index contributed by atoms with van der Waals surface area (Å²) >= 11 is 1.15. The van der Waals surface area contributed by atoms with E-state index in [9.17, 15) is 4.79 Å². The summed E-state index contributed by atoms with van der Waals surface area (Å²) in [5.74, 6) is 12.3. The van der Waals surface area contributed by atoms with Gasteiger partial charge in [-0.1, -0.05) is 17.8 Å². The van der Waals surface area contributed by atoms with Gasteiger partial charge < -0.3 is 20.6 Å². The minimum atomic E-state index is -0.167. The molecule has 0 fully saturated rings. The molecule has 0 unspecified atom stereocenters. The summed E-state index contributed by atoms with van der Waals surface area (Å²) in [5, 5.41) is 10.7. The summed E-state index contributed by atoms with van der Waals surface area (Å²) in [6.07, 6.45) is 0. The van der Waals surface area contributed by atoms with Crippen molar-refractivity contribution in [2.45, 2.75) is 11.7 Å². The van der Waals surface area contributed by atoms with Crippen molar-refractivity contribution in [1.29, 1.82) is 0 Å². The van der Waals surface area contributed by atoms with Crippen LogP contribution in [0.5, 0.6) is 11.5 Å². The van der Waals surface area contributed by atoms with Crippen LogP contribution in [0.2, 0.25) is 0 Å². The molecule has 1 aromatic carbocycles. The second-order valence-electron chi connectivity index (χ2n) is 4.58. The molecule has 10 nitrogen and oxygen atoms in total. The van der Waals surface area contributed by atoms with Gasteiger partial charge in [0.05, 0.1) is 20.0 Å². The van der Waals surface area contributed by atoms with E-state index in [1.807, 2.05) is 12.1 Å². The van der Waals surface area contributed by atoms with Crippen LogP contribution in [0.1, 0.15) is 5.56 Å². The number of nitrogens with two attached hydrogens (primary N) is 2. The Morgan fingerprint density at radius 2 is 2.04 bits per heavy atom. The molecule has 24 heavy (non-hydrogen) atoms. The van der Waals surface area contributed by atoms with E-state index in [0.29, 0.717) is 23.2 Å². The molecule has 0 spiro atoms. The number of hydrazine groups is 1. The average Bonchev–Trinajstić information content (AvgIpc) is 2.97. The highest BCUT2D eigenvalue weighted by molar-refractivity contribution is 7.99. The number of hydrogen-bond donors (Lipinski definition) is 4. The number of aromatic nitrogens is 3. The van der Waals surface area contributed by atoms with E-state index in [0.717, 1.165) is 17.3 Å². The summed E-state index contributed by atoms with van der Waals surface area (Å²) in [6.45, 7) is 0.366. The summed E-state index contributed by atoms with van der Waals surface area (Å²) in [5.41, 5.74) is 3.19. The van der Waals surface area contributed by atoms with Gasteiger partial charge in [0, 0.05) is 6.54 Å². The second-order valence-corrected chi connectivity index (χ2v) is 5.52. The molecule has 0 saturated carbocycles. The van der Waals surface area contributed by atoms with E-state index < -0.39 is 0 Å². The minimum absolute atomic E-state index is 0.146. The zero-order valence-electron chi connectivity index (χ0n) is 13.3. The Balaban J connectivity index is 1.85. The molecule has 0 bridgehead atoms. The molecule has 1 amide bonds. The lowest BCUT2D eigenvalue weighted by atomic mass is 10.2. The number of nitrogens with zero attached hydrogens (tertiary/aromatic N) is 3. The number of hydrogen-bond acceptors (Lipinski definition) is 9. The summed E-state index contributed by atoms with van der Waals surface area (Å²) < 4.78 is 11.6. The van der Waals surface area contributed by atoms with Gasteiger partial charge in [-0.25, -0.2) is 10.5 Å². The highest BCUT2D eigenvalue weighted by Gasteiger charge is 2.11. The third-order valence-electron chi connectivity index (χ3n) is 3.06. The standard InChI is InChI=1S/C13H19N7O3S/c1-22-9-4-3-8(5-10(9)23-2)6-16-11(21)7-24-13-19-18-12(17-14)20(13)15/h3-5H,6-7,14-15H2,1-2H3,(H,16,21)(H,17,18). The molecule has 11 heteroatoms. The van der Waals surface area contributed by atoms with E-state index in [4.69, 9.17) is 21.2 Å². The van der Waals surface area contributed by atoms with E-state index >= 15 is 0 Å². The SMILES string of the molecule is COc1ccc(CNC(=O)CSc2nnc(NN)n2N)cc1OC. The molecule has 0 aliphatic rings. The third-order valence-corrected chi connectivity index (χ3v) is 4.01. The number of methoxy groups -OCH3 is 2. The van der Waals surface area contributed by atoms with Gasteiger partial charge in [0.25, 0.3) is 5.95 Å². The Hall–Kier alpha value is -2.66. The number of benzene rings is 1. The van der Waals surface area contributed by atoms with E-state index in [-0.39, 0.29) is 17.6 Å². The maximum Gasteiger partial charge on any atom is 0.258 e.